The van der Waals surface area contributed by atoms with E-state index in [0.29, 0.717) is 26.3 Å². The molecular weight excluding hydrogens is 294 g/mol. The lowest BCUT2D eigenvalue weighted by molar-refractivity contribution is -0.139. The third kappa shape index (κ3) is 3.72. The minimum absolute atomic E-state index is 0.0552. The number of carbonyl (C=O) groups excluding carboxylic acids is 1. The van der Waals surface area contributed by atoms with Crippen LogP contribution < -0.4 is 9.80 Å². The van der Waals surface area contributed by atoms with Crippen LogP contribution in [0, 0.1) is 5.92 Å². The molecule has 0 saturated carbocycles. The van der Waals surface area contributed by atoms with E-state index in [2.05, 4.69) is 14.9 Å². The van der Waals surface area contributed by atoms with Gasteiger partial charge in [0.05, 0.1) is 19.1 Å². The molecule has 0 bridgehead atoms. The zero-order valence-electron chi connectivity index (χ0n) is 13.9. The van der Waals surface area contributed by atoms with E-state index >= 15 is 0 Å². The number of ether oxygens (including phenoxy) is 1. The molecule has 1 aromatic rings. The molecule has 0 N–H and O–H groups in total. The normalized spacial score (nSPS) is 22.1. The largest absolute Gasteiger partial charge is 0.378 e. The summed E-state index contributed by atoms with van der Waals surface area (Å²) in [6.07, 6.45) is 3.57. The van der Waals surface area contributed by atoms with Crippen molar-refractivity contribution in [2.45, 2.75) is 12.8 Å². The summed E-state index contributed by atoms with van der Waals surface area (Å²) in [6.45, 7) is 4.42. The Bertz CT molecular complexity index is 545. The average molecular weight is 319 g/mol. The fourth-order valence-corrected chi connectivity index (χ4v) is 3.18. The molecule has 2 saturated heterocycles. The summed E-state index contributed by atoms with van der Waals surface area (Å²) >= 11 is 0. The molecule has 2 aliphatic rings. The fraction of sp³-hybridized carbons (Fsp3) is 0.688. The number of rotatable bonds is 3. The zero-order chi connectivity index (χ0) is 16.2. The summed E-state index contributed by atoms with van der Waals surface area (Å²) in [4.78, 5) is 27.5. The monoisotopic (exact) mass is 319 g/mol. The van der Waals surface area contributed by atoms with Crippen molar-refractivity contribution in [3.05, 3.63) is 12.4 Å². The number of nitrogens with zero attached hydrogens (tertiary/aromatic N) is 5. The number of carbonyl (C=O) groups is 1. The first kappa shape index (κ1) is 16.0. The van der Waals surface area contributed by atoms with Crippen LogP contribution in [0.25, 0.3) is 0 Å². The Hall–Kier alpha value is -1.89. The molecule has 0 aliphatic carbocycles. The lowest BCUT2D eigenvalue weighted by atomic mass is 9.96. The first-order chi connectivity index (χ1) is 11.1. The number of hydrogen-bond acceptors (Lipinski definition) is 6. The fourth-order valence-electron chi connectivity index (χ4n) is 3.18. The first-order valence-corrected chi connectivity index (χ1v) is 8.26. The maximum atomic E-state index is 12.7. The van der Waals surface area contributed by atoms with E-state index in [-0.39, 0.29) is 11.8 Å². The van der Waals surface area contributed by atoms with Gasteiger partial charge in [-0.2, -0.15) is 0 Å². The summed E-state index contributed by atoms with van der Waals surface area (Å²) in [7, 11) is 3.93. The van der Waals surface area contributed by atoms with E-state index in [9.17, 15) is 4.79 Å². The van der Waals surface area contributed by atoms with Crippen LogP contribution in [-0.4, -0.2) is 74.3 Å². The summed E-state index contributed by atoms with van der Waals surface area (Å²) in [6, 6.07) is 1.99. The topological polar surface area (TPSA) is 61.8 Å². The highest BCUT2D eigenvalue weighted by Gasteiger charge is 2.30. The standard InChI is InChI=1S/C16H25N5O2/c1-19(2)14-10-15(18-12-17-14)21-5-3-4-13(11-21)16(22)20-6-8-23-9-7-20/h10,12-13H,3-9,11H2,1-2H3. The lowest BCUT2D eigenvalue weighted by Gasteiger charge is -2.36. The summed E-state index contributed by atoms with van der Waals surface area (Å²) in [5.74, 6) is 2.11. The van der Waals surface area contributed by atoms with Crippen LogP contribution in [0.5, 0.6) is 0 Å². The molecular formula is C16H25N5O2. The Morgan fingerprint density at radius 2 is 2.04 bits per heavy atom. The molecule has 3 rings (SSSR count). The highest BCUT2D eigenvalue weighted by molar-refractivity contribution is 5.80. The molecule has 23 heavy (non-hydrogen) atoms. The number of anilines is 2. The minimum atomic E-state index is 0.0552. The molecule has 1 aromatic heterocycles. The maximum Gasteiger partial charge on any atom is 0.227 e. The summed E-state index contributed by atoms with van der Waals surface area (Å²) < 4.78 is 5.34. The predicted molar refractivity (Wildman–Crippen MR) is 88.7 cm³/mol. The molecule has 1 unspecified atom stereocenters. The molecule has 126 valence electrons. The Morgan fingerprint density at radius 3 is 2.78 bits per heavy atom. The summed E-state index contributed by atoms with van der Waals surface area (Å²) in [5.41, 5.74) is 0. The van der Waals surface area contributed by atoms with Gasteiger partial charge in [-0.15, -0.1) is 0 Å². The maximum absolute atomic E-state index is 12.7. The minimum Gasteiger partial charge on any atom is -0.378 e. The van der Waals surface area contributed by atoms with Crippen LogP contribution in [0.1, 0.15) is 12.8 Å². The van der Waals surface area contributed by atoms with Crippen molar-refractivity contribution in [1.82, 2.24) is 14.9 Å². The second-order valence-electron chi connectivity index (χ2n) is 6.35. The number of aromatic nitrogens is 2. The van der Waals surface area contributed by atoms with Gasteiger partial charge in [-0.1, -0.05) is 0 Å². The molecule has 0 aromatic carbocycles. The van der Waals surface area contributed by atoms with Gasteiger partial charge in [0.25, 0.3) is 0 Å². The second kappa shape index (κ2) is 7.12. The van der Waals surface area contributed by atoms with Crippen molar-refractivity contribution >= 4 is 17.5 Å². The Kier molecular flexibility index (Phi) is 4.95. The van der Waals surface area contributed by atoms with Crippen molar-refractivity contribution in [2.75, 3.05) is 63.3 Å². The molecule has 7 heteroatoms. The van der Waals surface area contributed by atoms with Gasteiger partial charge in [-0.3, -0.25) is 4.79 Å². The van der Waals surface area contributed by atoms with E-state index in [0.717, 1.165) is 37.6 Å². The van der Waals surface area contributed by atoms with Gasteiger partial charge in [-0.25, -0.2) is 9.97 Å². The van der Waals surface area contributed by atoms with Crippen LogP contribution in [0.3, 0.4) is 0 Å². The van der Waals surface area contributed by atoms with Gasteiger partial charge < -0.3 is 19.4 Å². The summed E-state index contributed by atoms with van der Waals surface area (Å²) in [5, 5.41) is 0. The van der Waals surface area contributed by atoms with Gasteiger partial charge in [0, 0.05) is 46.3 Å². The molecule has 0 spiro atoms. The Morgan fingerprint density at radius 1 is 1.26 bits per heavy atom. The van der Waals surface area contributed by atoms with Crippen LogP contribution in [-0.2, 0) is 9.53 Å². The van der Waals surface area contributed by atoms with Gasteiger partial charge in [0.1, 0.15) is 18.0 Å². The average Bonchev–Trinajstić information content (AvgIpc) is 2.62. The Balaban J connectivity index is 1.68. The van der Waals surface area contributed by atoms with Crippen molar-refractivity contribution in [3.63, 3.8) is 0 Å². The number of hydrogen-bond donors (Lipinski definition) is 0. The van der Waals surface area contributed by atoms with E-state index in [4.69, 9.17) is 4.74 Å². The second-order valence-corrected chi connectivity index (χ2v) is 6.35. The Labute approximate surface area is 137 Å². The molecule has 1 atom stereocenters. The van der Waals surface area contributed by atoms with Crippen LogP contribution in [0.15, 0.2) is 12.4 Å². The number of morpholine rings is 1. The first-order valence-electron chi connectivity index (χ1n) is 8.26. The van der Waals surface area contributed by atoms with Crippen LogP contribution in [0.2, 0.25) is 0 Å². The highest BCUT2D eigenvalue weighted by Crippen LogP contribution is 2.24. The van der Waals surface area contributed by atoms with Gasteiger partial charge in [-0.05, 0) is 12.8 Å². The van der Waals surface area contributed by atoms with Gasteiger partial charge in [0.15, 0.2) is 0 Å². The quantitative estimate of drug-likeness (QED) is 0.814. The number of piperidine rings is 1. The SMILES string of the molecule is CN(C)c1cc(N2CCCC(C(=O)N3CCOCC3)C2)ncn1. The molecule has 7 nitrogen and oxygen atoms in total. The predicted octanol–water partition coefficient (Wildman–Crippen LogP) is 0.618. The van der Waals surface area contributed by atoms with E-state index in [1.165, 1.54) is 0 Å². The van der Waals surface area contributed by atoms with E-state index in [1.807, 2.05) is 30.0 Å². The molecule has 2 aliphatic heterocycles. The molecule has 1 amide bonds. The van der Waals surface area contributed by atoms with Gasteiger partial charge >= 0.3 is 0 Å². The van der Waals surface area contributed by atoms with Crippen molar-refractivity contribution in [3.8, 4) is 0 Å². The van der Waals surface area contributed by atoms with Gasteiger partial charge in [0.2, 0.25) is 5.91 Å². The third-order valence-electron chi connectivity index (χ3n) is 4.51. The highest BCUT2D eigenvalue weighted by atomic mass is 16.5. The van der Waals surface area contributed by atoms with Crippen molar-refractivity contribution in [1.29, 1.82) is 0 Å². The smallest absolute Gasteiger partial charge is 0.227 e. The molecule has 0 radical (unpaired) electrons. The van der Waals surface area contributed by atoms with Crippen molar-refractivity contribution in [2.24, 2.45) is 5.92 Å². The van der Waals surface area contributed by atoms with Crippen molar-refractivity contribution < 1.29 is 9.53 Å². The van der Waals surface area contributed by atoms with Crippen LogP contribution >= 0.6 is 0 Å². The van der Waals surface area contributed by atoms with Crippen LogP contribution in [0.4, 0.5) is 11.6 Å². The lowest BCUT2D eigenvalue weighted by Crippen LogP contribution is -2.48. The van der Waals surface area contributed by atoms with E-state index in [1.54, 1.807) is 6.33 Å². The molecule has 3 heterocycles. The van der Waals surface area contributed by atoms with E-state index < -0.39 is 0 Å². The zero-order valence-corrected chi connectivity index (χ0v) is 13.9. The molecule has 2 fully saturated rings. The third-order valence-corrected chi connectivity index (χ3v) is 4.51. The number of amides is 1.